The third-order valence-corrected chi connectivity index (χ3v) is 8.33. The van der Waals surface area contributed by atoms with E-state index in [9.17, 15) is 0 Å². The van der Waals surface area contributed by atoms with Gasteiger partial charge < -0.3 is 0 Å². The van der Waals surface area contributed by atoms with E-state index >= 15 is 0 Å². The fourth-order valence-corrected chi connectivity index (χ4v) is 6.48. The summed E-state index contributed by atoms with van der Waals surface area (Å²) in [6.45, 7) is 2.08. The van der Waals surface area contributed by atoms with Gasteiger partial charge in [0.05, 0.1) is 11.0 Å². The van der Waals surface area contributed by atoms with Crippen LogP contribution >= 0.6 is 0 Å². The number of para-hydroxylation sites is 2. The highest BCUT2D eigenvalue weighted by Crippen LogP contribution is 2.44. The first-order valence-corrected chi connectivity index (χ1v) is 14.4. The molecule has 42 heavy (non-hydrogen) atoms. The highest BCUT2D eigenvalue weighted by atomic mass is 15.1. The summed E-state index contributed by atoms with van der Waals surface area (Å²) in [7, 11) is 0. The number of imidazole rings is 1. The van der Waals surface area contributed by atoms with E-state index in [1.54, 1.807) is 0 Å². The van der Waals surface area contributed by atoms with Crippen molar-refractivity contribution in [2.75, 3.05) is 0 Å². The lowest BCUT2D eigenvalue weighted by Crippen LogP contribution is -1.97. The van der Waals surface area contributed by atoms with Gasteiger partial charge in [-0.15, -0.1) is 0 Å². The maximum Gasteiger partial charge on any atom is 0.111 e. The molecular formula is C40H28N2. The fourth-order valence-electron chi connectivity index (χ4n) is 6.48. The van der Waals surface area contributed by atoms with Crippen molar-refractivity contribution in [2.45, 2.75) is 6.92 Å². The van der Waals surface area contributed by atoms with Crippen molar-refractivity contribution < 1.29 is 0 Å². The van der Waals surface area contributed by atoms with Gasteiger partial charge in [-0.3, -0.25) is 4.57 Å². The maximum atomic E-state index is 4.83. The van der Waals surface area contributed by atoms with Crippen LogP contribution in [-0.4, -0.2) is 9.55 Å². The standard InChI is InChI=1S/C40H28N2/c1-27-41-37-20-9-10-21-38(37)42(27)32-15-11-14-31(26-32)40-35-18-7-5-16-33(35)39(34-17-6-8-19-36(34)40)30-24-22-29(23-25-30)28-12-3-2-4-13-28/h2-26H,1H3. The van der Waals surface area contributed by atoms with Crippen molar-refractivity contribution >= 4 is 32.6 Å². The molecule has 0 unspecified atom stereocenters. The molecule has 0 N–H and O–H groups in total. The zero-order chi connectivity index (χ0) is 28.0. The average Bonchev–Trinajstić information content (AvgIpc) is 3.39. The van der Waals surface area contributed by atoms with Crippen LogP contribution in [-0.2, 0) is 0 Å². The van der Waals surface area contributed by atoms with Gasteiger partial charge in [-0.25, -0.2) is 4.98 Å². The molecule has 0 saturated heterocycles. The van der Waals surface area contributed by atoms with E-state index < -0.39 is 0 Å². The second-order valence-corrected chi connectivity index (χ2v) is 10.8. The normalized spacial score (nSPS) is 11.5. The Hall–Kier alpha value is -5.47. The quantitative estimate of drug-likeness (QED) is 0.205. The Kier molecular flexibility index (Phi) is 5.72. The zero-order valence-electron chi connectivity index (χ0n) is 23.3. The van der Waals surface area contributed by atoms with Crippen LogP contribution in [0.2, 0.25) is 0 Å². The molecule has 8 aromatic rings. The molecule has 7 aromatic carbocycles. The van der Waals surface area contributed by atoms with Crippen LogP contribution in [0.3, 0.4) is 0 Å². The van der Waals surface area contributed by atoms with Crippen molar-refractivity contribution in [1.29, 1.82) is 0 Å². The monoisotopic (exact) mass is 536 g/mol. The Bertz CT molecular complexity index is 2180. The summed E-state index contributed by atoms with van der Waals surface area (Å²) < 4.78 is 2.26. The van der Waals surface area contributed by atoms with E-state index in [4.69, 9.17) is 4.98 Å². The Morgan fingerprint density at radius 3 is 1.60 bits per heavy atom. The summed E-state index contributed by atoms with van der Waals surface area (Å²) >= 11 is 0. The first-order chi connectivity index (χ1) is 20.8. The molecule has 1 aromatic heterocycles. The third-order valence-electron chi connectivity index (χ3n) is 8.33. The SMILES string of the molecule is Cc1nc2ccccc2n1-c1cccc(-c2c3ccccc3c(-c3ccc(-c4ccccc4)cc3)c3ccccc23)c1. The minimum atomic E-state index is 0.984. The lowest BCUT2D eigenvalue weighted by molar-refractivity contribution is 1.00. The molecule has 0 aliphatic rings. The maximum absolute atomic E-state index is 4.83. The van der Waals surface area contributed by atoms with Crippen LogP contribution in [0.25, 0.3) is 71.6 Å². The van der Waals surface area contributed by atoms with Crippen LogP contribution in [0.15, 0.2) is 152 Å². The summed E-state index contributed by atoms with van der Waals surface area (Å²) in [5.74, 6) is 0.984. The molecule has 1 heterocycles. The van der Waals surface area contributed by atoms with Gasteiger partial charge in [0, 0.05) is 5.69 Å². The Morgan fingerprint density at radius 1 is 0.429 bits per heavy atom. The number of hydrogen-bond donors (Lipinski definition) is 0. The van der Waals surface area contributed by atoms with Crippen LogP contribution in [0.5, 0.6) is 0 Å². The first-order valence-electron chi connectivity index (χ1n) is 14.4. The lowest BCUT2D eigenvalue weighted by Gasteiger charge is -2.18. The molecule has 0 aliphatic carbocycles. The molecular weight excluding hydrogens is 508 g/mol. The predicted octanol–water partition coefficient (Wildman–Crippen LogP) is 10.6. The van der Waals surface area contributed by atoms with Crippen molar-refractivity contribution in [3.05, 3.63) is 157 Å². The molecule has 0 spiro atoms. The van der Waals surface area contributed by atoms with Crippen molar-refractivity contribution in [2.24, 2.45) is 0 Å². The van der Waals surface area contributed by atoms with E-state index in [2.05, 4.69) is 157 Å². The molecule has 2 nitrogen and oxygen atoms in total. The Morgan fingerprint density at radius 2 is 0.929 bits per heavy atom. The number of hydrogen-bond acceptors (Lipinski definition) is 1. The van der Waals surface area contributed by atoms with Crippen LogP contribution in [0.1, 0.15) is 5.82 Å². The largest absolute Gasteiger partial charge is 0.297 e. The Balaban J connectivity index is 1.36. The fraction of sp³-hybridized carbons (Fsp3) is 0.0250. The van der Waals surface area contributed by atoms with Crippen LogP contribution < -0.4 is 0 Å². The molecule has 0 atom stereocenters. The Labute approximate surface area is 245 Å². The van der Waals surface area contributed by atoms with E-state index in [0.29, 0.717) is 0 Å². The minimum Gasteiger partial charge on any atom is -0.297 e. The second kappa shape index (κ2) is 9.87. The molecule has 0 fully saturated rings. The third kappa shape index (κ3) is 3.92. The summed E-state index contributed by atoms with van der Waals surface area (Å²) in [5.41, 5.74) is 10.7. The smallest absolute Gasteiger partial charge is 0.111 e. The molecule has 8 rings (SSSR count). The van der Waals surface area contributed by atoms with Crippen LogP contribution in [0, 0.1) is 6.92 Å². The van der Waals surface area contributed by atoms with Crippen molar-refractivity contribution in [3.8, 4) is 39.1 Å². The van der Waals surface area contributed by atoms with Gasteiger partial charge >= 0.3 is 0 Å². The number of nitrogens with zero attached hydrogens (tertiary/aromatic N) is 2. The minimum absolute atomic E-state index is 0.984. The average molecular weight is 537 g/mol. The van der Waals surface area contributed by atoms with E-state index in [1.807, 2.05) is 6.07 Å². The van der Waals surface area contributed by atoms with Gasteiger partial charge in [-0.2, -0.15) is 0 Å². The van der Waals surface area contributed by atoms with Gasteiger partial charge in [0.15, 0.2) is 0 Å². The van der Waals surface area contributed by atoms with Crippen molar-refractivity contribution in [3.63, 3.8) is 0 Å². The molecule has 198 valence electrons. The molecule has 0 aliphatic heterocycles. The number of benzene rings is 7. The predicted molar refractivity (Wildman–Crippen MR) is 177 cm³/mol. The van der Waals surface area contributed by atoms with Gasteiger partial charge in [0.25, 0.3) is 0 Å². The molecule has 2 heteroatoms. The van der Waals surface area contributed by atoms with Gasteiger partial charge in [-0.1, -0.05) is 127 Å². The van der Waals surface area contributed by atoms with Crippen LogP contribution in [0.4, 0.5) is 0 Å². The number of fused-ring (bicyclic) bond motifs is 3. The summed E-state index contributed by atoms with van der Waals surface area (Å²) in [6, 6.07) is 54.5. The molecule has 0 bridgehead atoms. The van der Waals surface area contributed by atoms with Gasteiger partial charge in [-0.05, 0) is 86.1 Å². The second-order valence-electron chi connectivity index (χ2n) is 10.8. The number of rotatable bonds is 4. The van der Waals surface area contributed by atoms with E-state index in [-0.39, 0.29) is 0 Å². The zero-order valence-corrected chi connectivity index (χ0v) is 23.3. The first kappa shape index (κ1) is 24.3. The highest BCUT2D eigenvalue weighted by Gasteiger charge is 2.17. The van der Waals surface area contributed by atoms with Gasteiger partial charge in [0.1, 0.15) is 5.82 Å². The molecule has 0 radical (unpaired) electrons. The van der Waals surface area contributed by atoms with Gasteiger partial charge in [0.2, 0.25) is 0 Å². The summed E-state index contributed by atoms with van der Waals surface area (Å²) in [6.07, 6.45) is 0. The van der Waals surface area contributed by atoms with Crippen molar-refractivity contribution in [1.82, 2.24) is 9.55 Å². The number of aryl methyl sites for hydroxylation is 1. The number of aromatic nitrogens is 2. The van der Waals surface area contributed by atoms with E-state index in [1.165, 1.54) is 54.9 Å². The topological polar surface area (TPSA) is 17.8 Å². The lowest BCUT2D eigenvalue weighted by atomic mass is 9.85. The van der Waals surface area contributed by atoms with E-state index in [0.717, 1.165) is 22.5 Å². The molecule has 0 saturated carbocycles. The highest BCUT2D eigenvalue weighted by molar-refractivity contribution is 6.21. The summed E-state index contributed by atoms with van der Waals surface area (Å²) in [5, 5.41) is 5.02. The molecule has 0 amide bonds. The summed E-state index contributed by atoms with van der Waals surface area (Å²) in [4.78, 5) is 4.83.